The van der Waals surface area contributed by atoms with Crippen LogP contribution in [0.3, 0.4) is 0 Å². The molecule has 0 bridgehead atoms. The van der Waals surface area contributed by atoms with Crippen molar-refractivity contribution < 1.29 is 13.5 Å². The van der Waals surface area contributed by atoms with Crippen molar-refractivity contribution >= 4 is 15.5 Å². The SMILES string of the molecule is CN1CCc2cc(C(O)C3(CN)CCS(=O)(=O)C3)ccc21. The molecule has 2 atom stereocenters. The van der Waals surface area contributed by atoms with Crippen molar-refractivity contribution in [1.82, 2.24) is 0 Å². The molecule has 0 amide bonds. The Bertz CT molecular complexity index is 659. The maximum atomic E-state index is 11.8. The van der Waals surface area contributed by atoms with Crippen LogP contribution in [0.2, 0.25) is 0 Å². The lowest BCUT2D eigenvalue weighted by Gasteiger charge is -2.32. The second-order valence-electron chi connectivity index (χ2n) is 6.37. The molecular formula is C15H22N2O3S. The number of likely N-dealkylation sites (N-methyl/N-ethyl adjacent to an activating group) is 1. The Kier molecular flexibility index (Phi) is 3.50. The van der Waals surface area contributed by atoms with Crippen molar-refractivity contribution in [3.63, 3.8) is 0 Å². The Morgan fingerprint density at radius 3 is 2.86 bits per heavy atom. The maximum absolute atomic E-state index is 11.8. The first kappa shape index (κ1) is 14.8. The zero-order chi connectivity index (χ0) is 15.3. The first-order valence-electron chi connectivity index (χ1n) is 7.29. The molecule has 0 radical (unpaired) electrons. The van der Waals surface area contributed by atoms with Crippen LogP contribution in [-0.2, 0) is 16.3 Å². The monoisotopic (exact) mass is 310 g/mol. The predicted octanol–water partition coefficient (Wildman–Crippen LogP) is 0.476. The van der Waals surface area contributed by atoms with Crippen LogP contribution in [0.5, 0.6) is 0 Å². The van der Waals surface area contributed by atoms with E-state index in [9.17, 15) is 13.5 Å². The molecule has 1 aromatic carbocycles. The molecule has 1 fully saturated rings. The number of hydrogen-bond acceptors (Lipinski definition) is 5. The highest BCUT2D eigenvalue weighted by molar-refractivity contribution is 7.91. The van der Waals surface area contributed by atoms with E-state index in [-0.39, 0.29) is 18.1 Å². The van der Waals surface area contributed by atoms with E-state index in [4.69, 9.17) is 5.73 Å². The zero-order valence-corrected chi connectivity index (χ0v) is 13.1. The summed E-state index contributed by atoms with van der Waals surface area (Å²) in [5.74, 6) is 0.101. The molecule has 3 N–H and O–H groups in total. The van der Waals surface area contributed by atoms with Crippen LogP contribution in [0.4, 0.5) is 5.69 Å². The van der Waals surface area contributed by atoms with Gasteiger partial charge in [-0.2, -0.15) is 0 Å². The number of hydrogen-bond donors (Lipinski definition) is 2. The van der Waals surface area contributed by atoms with Gasteiger partial charge < -0.3 is 15.7 Å². The van der Waals surface area contributed by atoms with E-state index in [2.05, 4.69) is 4.90 Å². The van der Waals surface area contributed by atoms with Gasteiger partial charge in [0, 0.05) is 31.2 Å². The Balaban J connectivity index is 1.93. The van der Waals surface area contributed by atoms with Gasteiger partial charge in [-0.05, 0) is 30.0 Å². The van der Waals surface area contributed by atoms with Gasteiger partial charge in [-0.1, -0.05) is 12.1 Å². The number of aliphatic hydroxyl groups is 1. The summed E-state index contributed by atoms with van der Waals surface area (Å²) in [4.78, 5) is 2.18. The summed E-state index contributed by atoms with van der Waals surface area (Å²) in [7, 11) is -1.04. The summed E-state index contributed by atoms with van der Waals surface area (Å²) in [6.07, 6.45) is 0.570. The van der Waals surface area contributed by atoms with Crippen LogP contribution in [0, 0.1) is 5.41 Å². The molecule has 3 rings (SSSR count). The average molecular weight is 310 g/mol. The average Bonchev–Trinajstić information content (AvgIpc) is 2.99. The van der Waals surface area contributed by atoms with E-state index in [1.165, 1.54) is 11.3 Å². The van der Waals surface area contributed by atoms with Gasteiger partial charge in [0.25, 0.3) is 0 Å². The molecule has 6 heteroatoms. The standard InChI is InChI=1S/C15H22N2O3S/c1-17-6-4-11-8-12(2-3-13(11)17)14(18)15(9-16)5-7-21(19,20)10-15/h2-3,8,14,18H,4-7,9-10,16H2,1H3. The van der Waals surface area contributed by atoms with Crippen LogP contribution in [0.15, 0.2) is 18.2 Å². The lowest BCUT2D eigenvalue weighted by molar-refractivity contribution is 0.0471. The Hall–Kier alpha value is -1.11. The molecule has 1 aromatic rings. The number of rotatable bonds is 3. The maximum Gasteiger partial charge on any atom is 0.151 e. The quantitative estimate of drug-likeness (QED) is 0.848. The molecule has 0 saturated carbocycles. The minimum absolute atomic E-state index is 0.0192. The van der Waals surface area contributed by atoms with Crippen LogP contribution >= 0.6 is 0 Å². The van der Waals surface area contributed by atoms with Gasteiger partial charge in [0.15, 0.2) is 9.84 Å². The number of anilines is 1. The van der Waals surface area contributed by atoms with Gasteiger partial charge >= 0.3 is 0 Å². The second-order valence-corrected chi connectivity index (χ2v) is 8.55. The van der Waals surface area contributed by atoms with Crippen LogP contribution < -0.4 is 10.6 Å². The van der Waals surface area contributed by atoms with Crippen molar-refractivity contribution in [2.45, 2.75) is 18.9 Å². The van der Waals surface area contributed by atoms with Crippen molar-refractivity contribution in [2.24, 2.45) is 11.1 Å². The first-order valence-corrected chi connectivity index (χ1v) is 9.12. The fraction of sp³-hybridized carbons (Fsp3) is 0.600. The number of benzene rings is 1. The van der Waals surface area contributed by atoms with Crippen molar-refractivity contribution in [3.8, 4) is 0 Å². The van der Waals surface area contributed by atoms with Crippen molar-refractivity contribution in [3.05, 3.63) is 29.3 Å². The molecule has 0 aliphatic carbocycles. The fourth-order valence-corrected chi connectivity index (χ4v) is 5.70. The minimum atomic E-state index is -3.09. The third kappa shape index (κ3) is 2.45. The number of aliphatic hydroxyl groups excluding tert-OH is 1. The number of nitrogens with two attached hydrogens (primary N) is 1. The molecule has 0 spiro atoms. The van der Waals surface area contributed by atoms with Crippen LogP contribution in [0.1, 0.15) is 23.7 Å². The lowest BCUT2D eigenvalue weighted by atomic mass is 9.78. The van der Waals surface area contributed by atoms with E-state index in [0.29, 0.717) is 6.42 Å². The number of nitrogens with zero attached hydrogens (tertiary/aromatic N) is 1. The highest BCUT2D eigenvalue weighted by Crippen LogP contribution is 2.43. The van der Waals surface area contributed by atoms with Crippen molar-refractivity contribution in [2.75, 3.05) is 36.5 Å². The normalized spacial score (nSPS) is 28.6. The van der Waals surface area contributed by atoms with Crippen LogP contribution in [0.25, 0.3) is 0 Å². The topological polar surface area (TPSA) is 83.6 Å². The molecule has 21 heavy (non-hydrogen) atoms. The lowest BCUT2D eigenvalue weighted by Crippen LogP contribution is -2.38. The van der Waals surface area contributed by atoms with E-state index in [0.717, 1.165) is 18.5 Å². The third-order valence-corrected chi connectivity index (χ3v) is 6.79. The van der Waals surface area contributed by atoms with E-state index >= 15 is 0 Å². The molecule has 2 aliphatic heterocycles. The summed E-state index contributed by atoms with van der Waals surface area (Å²) in [5, 5.41) is 10.7. The number of fused-ring (bicyclic) bond motifs is 1. The summed E-state index contributed by atoms with van der Waals surface area (Å²) >= 11 is 0. The van der Waals surface area contributed by atoms with Gasteiger partial charge in [-0.3, -0.25) is 0 Å². The zero-order valence-electron chi connectivity index (χ0n) is 12.2. The molecule has 2 aliphatic rings. The van der Waals surface area contributed by atoms with Crippen LogP contribution in [-0.4, -0.2) is 45.2 Å². The van der Waals surface area contributed by atoms with Gasteiger partial charge in [0.2, 0.25) is 0 Å². The molecule has 5 nitrogen and oxygen atoms in total. The van der Waals surface area contributed by atoms with Gasteiger partial charge in [0.05, 0.1) is 17.6 Å². The molecule has 116 valence electrons. The first-order chi connectivity index (χ1) is 9.87. The Morgan fingerprint density at radius 1 is 1.48 bits per heavy atom. The molecule has 0 aromatic heterocycles. The fourth-order valence-electron chi connectivity index (χ4n) is 3.54. The summed E-state index contributed by atoms with van der Waals surface area (Å²) < 4.78 is 23.6. The smallest absolute Gasteiger partial charge is 0.151 e. The summed E-state index contributed by atoms with van der Waals surface area (Å²) in [5.41, 5.74) is 8.27. The Morgan fingerprint density at radius 2 is 2.24 bits per heavy atom. The highest BCUT2D eigenvalue weighted by atomic mass is 32.2. The molecule has 2 heterocycles. The molecule has 2 unspecified atom stereocenters. The second kappa shape index (κ2) is 4.97. The summed E-state index contributed by atoms with van der Waals surface area (Å²) in [6, 6.07) is 5.91. The predicted molar refractivity (Wildman–Crippen MR) is 83.1 cm³/mol. The van der Waals surface area contributed by atoms with Gasteiger partial charge in [-0.25, -0.2) is 8.42 Å². The minimum Gasteiger partial charge on any atom is -0.388 e. The third-order valence-electron chi connectivity index (χ3n) is 4.95. The number of sulfone groups is 1. The largest absolute Gasteiger partial charge is 0.388 e. The van der Waals surface area contributed by atoms with E-state index in [1.807, 2.05) is 25.2 Å². The van der Waals surface area contributed by atoms with E-state index in [1.54, 1.807) is 0 Å². The Labute approximate surface area is 125 Å². The van der Waals surface area contributed by atoms with Gasteiger partial charge in [-0.15, -0.1) is 0 Å². The van der Waals surface area contributed by atoms with Crippen molar-refractivity contribution in [1.29, 1.82) is 0 Å². The van der Waals surface area contributed by atoms with E-state index < -0.39 is 21.4 Å². The van der Waals surface area contributed by atoms with Gasteiger partial charge in [0.1, 0.15) is 0 Å². The summed E-state index contributed by atoms with van der Waals surface area (Å²) in [6.45, 7) is 1.16. The highest BCUT2D eigenvalue weighted by Gasteiger charge is 2.47. The molecular weight excluding hydrogens is 288 g/mol. The molecule has 1 saturated heterocycles.